The molecule has 0 bridgehead atoms. The second kappa shape index (κ2) is 8.58. The van der Waals surface area contributed by atoms with Crippen LogP contribution in [0, 0.1) is 11.2 Å². The van der Waals surface area contributed by atoms with Gasteiger partial charge < -0.3 is 4.90 Å². The van der Waals surface area contributed by atoms with Crippen molar-refractivity contribution in [3.05, 3.63) is 77.1 Å². The minimum Gasteiger partial charge on any atom is -0.336 e. The summed E-state index contributed by atoms with van der Waals surface area (Å²) >= 11 is 5.96. The predicted molar refractivity (Wildman–Crippen MR) is 121 cm³/mol. The number of pyridine rings is 1. The first-order valence-electron chi connectivity index (χ1n) is 11.0. The molecule has 1 aromatic carbocycles. The third kappa shape index (κ3) is 4.37. The van der Waals surface area contributed by atoms with E-state index in [0.29, 0.717) is 33.9 Å². The van der Waals surface area contributed by atoms with Gasteiger partial charge in [0.15, 0.2) is 5.82 Å². The molecular formula is C25H24ClFN4O. The van der Waals surface area contributed by atoms with E-state index in [1.165, 1.54) is 25.0 Å². The van der Waals surface area contributed by atoms with Gasteiger partial charge in [-0.1, -0.05) is 11.6 Å². The van der Waals surface area contributed by atoms with E-state index in [2.05, 4.69) is 15.0 Å². The molecule has 1 saturated carbocycles. The van der Waals surface area contributed by atoms with Crippen molar-refractivity contribution in [3.63, 3.8) is 0 Å². The van der Waals surface area contributed by atoms with Gasteiger partial charge in [0.2, 0.25) is 0 Å². The van der Waals surface area contributed by atoms with E-state index in [4.69, 9.17) is 11.6 Å². The summed E-state index contributed by atoms with van der Waals surface area (Å²) in [7, 11) is 0. The van der Waals surface area contributed by atoms with Crippen molar-refractivity contribution >= 4 is 17.5 Å². The molecule has 1 amide bonds. The molecule has 3 heterocycles. The molecule has 2 fully saturated rings. The number of aryl methyl sites for hydroxylation is 1. The first kappa shape index (κ1) is 21.0. The van der Waals surface area contributed by atoms with E-state index in [0.717, 1.165) is 31.4 Å². The van der Waals surface area contributed by atoms with E-state index < -0.39 is 5.82 Å². The molecular weight excluding hydrogens is 427 g/mol. The molecule has 32 heavy (non-hydrogen) atoms. The first-order chi connectivity index (χ1) is 15.5. The number of amides is 1. The van der Waals surface area contributed by atoms with Crippen LogP contribution in [0.1, 0.15) is 48.2 Å². The molecule has 1 spiro atoms. The quantitative estimate of drug-likeness (QED) is 0.525. The number of hydrogen-bond donors (Lipinski definition) is 0. The molecule has 5 nitrogen and oxygen atoms in total. The number of aromatic nitrogens is 3. The molecule has 7 heteroatoms. The number of carbonyl (C=O) groups excluding carboxylic acids is 1. The molecule has 5 rings (SSSR count). The summed E-state index contributed by atoms with van der Waals surface area (Å²) in [5, 5.41) is 0.613. The Bertz CT molecular complexity index is 1120. The minimum atomic E-state index is -0.439. The van der Waals surface area contributed by atoms with Gasteiger partial charge in [-0.3, -0.25) is 9.78 Å². The van der Waals surface area contributed by atoms with Crippen molar-refractivity contribution in [2.45, 2.75) is 44.6 Å². The number of rotatable bonds is 5. The maximum absolute atomic E-state index is 14.2. The van der Waals surface area contributed by atoms with Crippen molar-refractivity contribution in [2.24, 2.45) is 5.41 Å². The molecule has 0 unspecified atom stereocenters. The smallest absolute Gasteiger partial charge is 0.254 e. The second-order valence-electron chi connectivity index (χ2n) is 8.88. The number of nitrogens with zero attached hydrogens (tertiary/aromatic N) is 4. The molecule has 2 aromatic heterocycles. The highest BCUT2D eigenvalue weighted by Crippen LogP contribution is 2.55. The van der Waals surface area contributed by atoms with Crippen molar-refractivity contribution in [1.29, 1.82) is 0 Å². The van der Waals surface area contributed by atoms with E-state index in [1.807, 2.05) is 17.0 Å². The van der Waals surface area contributed by atoms with Crippen molar-refractivity contribution in [1.82, 2.24) is 19.9 Å². The summed E-state index contributed by atoms with van der Waals surface area (Å²) in [4.78, 5) is 28.6. The largest absolute Gasteiger partial charge is 0.336 e. The van der Waals surface area contributed by atoms with E-state index in [9.17, 15) is 9.18 Å². The number of halogens is 2. The van der Waals surface area contributed by atoms with E-state index in [1.54, 1.807) is 30.7 Å². The number of likely N-dealkylation sites (tertiary alicyclic amines) is 1. The van der Waals surface area contributed by atoms with E-state index in [-0.39, 0.29) is 11.9 Å². The van der Waals surface area contributed by atoms with Crippen LogP contribution in [0.3, 0.4) is 0 Å². The van der Waals surface area contributed by atoms with Crippen molar-refractivity contribution in [2.75, 3.05) is 6.54 Å². The molecule has 3 aromatic rings. The Morgan fingerprint density at radius 3 is 2.66 bits per heavy atom. The summed E-state index contributed by atoms with van der Waals surface area (Å²) in [6.07, 6.45) is 10.9. The van der Waals surface area contributed by atoms with Gasteiger partial charge in [0.25, 0.3) is 5.91 Å². The third-order valence-electron chi connectivity index (χ3n) is 6.75. The van der Waals surface area contributed by atoms with Crippen LogP contribution in [0.5, 0.6) is 0 Å². The van der Waals surface area contributed by atoms with Crippen LogP contribution in [0.2, 0.25) is 5.02 Å². The lowest BCUT2D eigenvalue weighted by atomic mass is 9.85. The number of piperidine rings is 1. The average molecular weight is 451 g/mol. The lowest BCUT2D eigenvalue weighted by Crippen LogP contribution is -2.47. The van der Waals surface area contributed by atoms with Gasteiger partial charge in [0, 0.05) is 42.4 Å². The number of hydrogen-bond acceptors (Lipinski definition) is 4. The van der Waals surface area contributed by atoms with Gasteiger partial charge in [-0.05, 0) is 80.3 Å². The fourth-order valence-corrected chi connectivity index (χ4v) is 4.87. The normalized spacial score (nSPS) is 19.2. The Morgan fingerprint density at radius 2 is 1.94 bits per heavy atom. The Balaban J connectivity index is 1.42. The highest BCUT2D eigenvalue weighted by Gasteiger charge is 2.49. The van der Waals surface area contributed by atoms with Gasteiger partial charge in [0.1, 0.15) is 5.82 Å². The Hall–Kier alpha value is -2.86. The van der Waals surface area contributed by atoms with Gasteiger partial charge in [-0.2, -0.15) is 0 Å². The summed E-state index contributed by atoms with van der Waals surface area (Å²) < 4.78 is 14.2. The van der Waals surface area contributed by atoms with Crippen LogP contribution in [0.25, 0.3) is 11.4 Å². The summed E-state index contributed by atoms with van der Waals surface area (Å²) in [6, 6.07) is 9.83. The highest BCUT2D eigenvalue weighted by atomic mass is 35.5. The van der Waals surface area contributed by atoms with Gasteiger partial charge in [-0.25, -0.2) is 14.4 Å². The zero-order chi connectivity index (χ0) is 22.1. The SMILES string of the molecule is O=C(c1cc(F)ccc1-c1ncccn1)N1CCC2(CC2)C[C@H]1CCc1ccc(Cl)cn1. The number of carbonyl (C=O) groups is 1. The van der Waals surface area contributed by atoms with Crippen molar-refractivity contribution in [3.8, 4) is 11.4 Å². The molecule has 1 aliphatic carbocycles. The molecule has 1 atom stereocenters. The fourth-order valence-electron chi connectivity index (χ4n) is 4.76. The van der Waals surface area contributed by atoms with E-state index >= 15 is 0 Å². The van der Waals surface area contributed by atoms with Gasteiger partial charge in [0.05, 0.1) is 10.6 Å². The predicted octanol–water partition coefficient (Wildman–Crippen LogP) is 5.35. The Labute approximate surface area is 191 Å². The van der Waals surface area contributed by atoms with Crippen LogP contribution in [0.4, 0.5) is 4.39 Å². The highest BCUT2D eigenvalue weighted by molar-refractivity contribution is 6.30. The van der Waals surface area contributed by atoms with Crippen LogP contribution in [0.15, 0.2) is 55.0 Å². The van der Waals surface area contributed by atoms with Crippen molar-refractivity contribution < 1.29 is 9.18 Å². The summed E-state index contributed by atoms with van der Waals surface area (Å²) in [6.45, 7) is 0.684. The zero-order valence-electron chi connectivity index (χ0n) is 17.7. The molecule has 1 aliphatic heterocycles. The first-order valence-corrected chi connectivity index (χ1v) is 11.4. The molecule has 1 saturated heterocycles. The fraction of sp³-hybridized carbons (Fsp3) is 0.360. The maximum atomic E-state index is 14.2. The minimum absolute atomic E-state index is 0.0871. The summed E-state index contributed by atoms with van der Waals surface area (Å²) in [5.41, 5.74) is 2.21. The average Bonchev–Trinajstić information content (AvgIpc) is 3.57. The standard InChI is InChI=1S/C25H24ClFN4O/c26-17-2-4-19(30-16-17)5-6-20-15-25(8-9-25)10-13-31(20)24(32)22-14-18(27)3-7-21(22)23-28-11-1-12-29-23/h1-4,7,11-12,14,16,20H,5-6,8-10,13,15H2/t20-/m1/s1. The van der Waals surface area contributed by atoms with Gasteiger partial charge in [-0.15, -0.1) is 0 Å². The molecule has 0 N–H and O–H groups in total. The Morgan fingerprint density at radius 1 is 1.12 bits per heavy atom. The molecule has 0 radical (unpaired) electrons. The molecule has 2 aliphatic rings. The monoisotopic (exact) mass is 450 g/mol. The van der Waals surface area contributed by atoms with Gasteiger partial charge >= 0.3 is 0 Å². The topological polar surface area (TPSA) is 59.0 Å². The lowest BCUT2D eigenvalue weighted by molar-refractivity contribution is 0.0509. The lowest BCUT2D eigenvalue weighted by Gasteiger charge is -2.40. The molecule has 164 valence electrons. The van der Waals surface area contributed by atoms with Crippen LogP contribution in [-0.2, 0) is 6.42 Å². The van der Waals surface area contributed by atoms with Crippen LogP contribution < -0.4 is 0 Å². The maximum Gasteiger partial charge on any atom is 0.254 e. The summed E-state index contributed by atoms with van der Waals surface area (Å²) in [5.74, 6) is -0.171. The second-order valence-corrected chi connectivity index (χ2v) is 9.31. The van der Waals surface area contributed by atoms with Crippen LogP contribution >= 0.6 is 11.6 Å². The zero-order valence-corrected chi connectivity index (χ0v) is 18.4. The number of benzene rings is 1. The Kier molecular flexibility index (Phi) is 5.64. The van der Waals surface area contributed by atoms with Crippen LogP contribution in [-0.4, -0.2) is 38.3 Å². The third-order valence-corrected chi connectivity index (χ3v) is 6.98.